The molecule has 0 aliphatic carbocycles. The molecule has 0 spiro atoms. The third-order valence-corrected chi connectivity index (χ3v) is 11.1. The number of imidazole rings is 1. The number of pyridine rings is 2. The molecule has 9 rings (SSSR count). The number of hydrogen-bond acceptors (Lipinski definition) is 4. The summed E-state index contributed by atoms with van der Waals surface area (Å²) in [6.45, 7) is 11.0. The number of aromatic nitrogens is 4. The van der Waals surface area contributed by atoms with E-state index in [2.05, 4.69) is 119 Å². The topological polar surface area (TPSA) is 56.7 Å². The van der Waals surface area contributed by atoms with E-state index in [4.69, 9.17) is 9.40 Å². The predicted molar refractivity (Wildman–Crippen MR) is 209 cm³/mol. The van der Waals surface area contributed by atoms with E-state index < -0.39 is 8.07 Å². The van der Waals surface area contributed by atoms with Gasteiger partial charge in [0.2, 0.25) is 0 Å². The molecule has 0 fully saturated rings. The van der Waals surface area contributed by atoms with E-state index in [-0.39, 0.29) is 20.1 Å². The molecule has 1 radical (unpaired) electrons. The first-order valence-corrected chi connectivity index (χ1v) is 20.4. The molecule has 5 nitrogen and oxygen atoms in total. The van der Waals surface area contributed by atoms with Crippen LogP contribution in [0, 0.1) is 26.0 Å². The van der Waals surface area contributed by atoms with Crippen molar-refractivity contribution < 1.29 is 24.5 Å². The molecule has 0 saturated carbocycles. The van der Waals surface area contributed by atoms with Crippen molar-refractivity contribution in [3.05, 3.63) is 151 Å². The van der Waals surface area contributed by atoms with E-state index >= 15 is 0 Å². The fourth-order valence-electron chi connectivity index (χ4n) is 6.57. The first-order chi connectivity index (χ1) is 24.3. The van der Waals surface area contributed by atoms with Crippen LogP contribution in [-0.2, 0) is 20.1 Å². The third kappa shape index (κ3) is 6.45. The van der Waals surface area contributed by atoms with Crippen molar-refractivity contribution in [2.75, 3.05) is 0 Å². The molecule has 4 aromatic heterocycles. The van der Waals surface area contributed by atoms with E-state index in [1.54, 1.807) is 0 Å². The van der Waals surface area contributed by atoms with Gasteiger partial charge < -0.3 is 14.0 Å². The van der Waals surface area contributed by atoms with Crippen molar-refractivity contribution >= 4 is 57.0 Å². The maximum absolute atomic E-state index is 6.59. The Morgan fingerprint density at radius 1 is 0.686 bits per heavy atom. The molecule has 5 aromatic carbocycles. The summed E-state index contributed by atoms with van der Waals surface area (Å²) < 4.78 is 8.78. The molecule has 253 valence electrons. The number of furan rings is 1. The van der Waals surface area contributed by atoms with E-state index in [1.165, 1.54) is 5.19 Å². The number of hydrogen-bond donors (Lipinski definition) is 0. The molecule has 0 N–H and O–H groups in total. The molecule has 0 bridgehead atoms. The predicted octanol–water partition coefficient (Wildman–Crippen LogP) is 10.6. The van der Waals surface area contributed by atoms with Crippen LogP contribution in [0.3, 0.4) is 0 Å². The quantitative estimate of drug-likeness (QED) is 0.131. The second-order valence-electron chi connectivity index (χ2n) is 13.6. The van der Waals surface area contributed by atoms with Crippen LogP contribution in [0.4, 0.5) is 0 Å². The normalized spacial score (nSPS) is 11.5. The minimum absolute atomic E-state index is 0. The maximum Gasteiger partial charge on any atom is 0.128 e. The van der Waals surface area contributed by atoms with Gasteiger partial charge in [0.25, 0.3) is 0 Å². The standard InChI is InChI=1S/C30H20N3O.C14H16NSi.Ir/c1-18-17-26-27(19(2)31-18)32-30(33(26)21-10-4-3-5-11-21)25-14-8-13-23-24-16-15-20-9-6-7-12-22(20)28(24)34-29(23)25;1-16(2,3)13-9-10-14(15-11-13)12-7-5-4-6-8-12;/h3-13,15-17H,1-2H3;4-7,9-11H,1-3H3;/q2*-1;. The van der Waals surface area contributed by atoms with Gasteiger partial charge in [0.15, 0.2) is 0 Å². The zero-order valence-electron chi connectivity index (χ0n) is 29.2. The minimum atomic E-state index is -1.23. The van der Waals surface area contributed by atoms with Gasteiger partial charge in [-0.15, -0.1) is 54.1 Å². The van der Waals surface area contributed by atoms with Crippen LogP contribution in [0.2, 0.25) is 19.6 Å². The molecule has 4 heterocycles. The van der Waals surface area contributed by atoms with Crippen LogP contribution >= 0.6 is 0 Å². The zero-order valence-corrected chi connectivity index (χ0v) is 32.5. The fraction of sp³-hybridized carbons (Fsp3) is 0.114. The molecule has 0 saturated heterocycles. The van der Waals surface area contributed by atoms with Gasteiger partial charge in [-0.1, -0.05) is 97.3 Å². The number of benzene rings is 5. The SMILES string of the molecule is C[Si](C)(C)c1ccc(-c2[c-]cccc2)nc1.Cc1cc2c(nc(-c3[c-]ccc4c3oc3c5ccccc5ccc43)n2-c2ccccc2)c(C)n1.[Ir]. The number of para-hydroxylation sites is 1. The molecule has 9 aromatic rings. The van der Waals surface area contributed by atoms with Crippen molar-refractivity contribution in [3.63, 3.8) is 0 Å². The van der Waals surface area contributed by atoms with Gasteiger partial charge in [-0.25, -0.2) is 0 Å². The molecule has 0 aliphatic heterocycles. The Morgan fingerprint density at radius 2 is 1.45 bits per heavy atom. The zero-order chi connectivity index (χ0) is 34.4. The van der Waals surface area contributed by atoms with Gasteiger partial charge in [0.1, 0.15) is 5.58 Å². The molecule has 0 aliphatic rings. The average Bonchev–Trinajstić information content (AvgIpc) is 3.72. The van der Waals surface area contributed by atoms with E-state index in [0.29, 0.717) is 0 Å². The first kappa shape index (κ1) is 34.3. The van der Waals surface area contributed by atoms with E-state index in [1.807, 2.05) is 68.6 Å². The van der Waals surface area contributed by atoms with Crippen molar-refractivity contribution in [2.45, 2.75) is 33.5 Å². The van der Waals surface area contributed by atoms with Gasteiger partial charge in [-0.05, 0) is 48.3 Å². The van der Waals surface area contributed by atoms with E-state index in [9.17, 15) is 0 Å². The Labute approximate surface area is 312 Å². The Kier molecular flexibility index (Phi) is 9.30. The summed E-state index contributed by atoms with van der Waals surface area (Å²) in [4.78, 5) is 14.3. The number of aryl methyl sites for hydroxylation is 2. The van der Waals surface area contributed by atoms with Crippen LogP contribution in [-0.4, -0.2) is 27.6 Å². The molecule has 0 unspecified atom stereocenters. The maximum atomic E-state index is 6.59. The molecule has 7 heteroatoms. The van der Waals surface area contributed by atoms with Crippen LogP contribution in [0.1, 0.15) is 11.4 Å². The minimum Gasteiger partial charge on any atom is -0.500 e. The average molecular weight is 857 g/mol. The van der Waals surface area contributed by atoms with Crippen LogP contribution < -0.4 is 5.19 Å². The van der Waals surface area contributed by atoms with Gasteiger partial charge in [0, 0.05) is 48.5 Å². The van der Waals surface area contributed by atoms with Gasteiger partial charge in [-0.2, -0.15) is 0 Å². The Bertz CT molecular complexity index is 2640. The number of fused-ring (bicyclic) bond motifs is 6. The number of rotatable bonds is 4. The van der Waals surface area contributed by atoms with Crippen molar-refractivity contribution in [1.29, 1.82) is 0 Å². The summed E-state index contributed by atoms with van der Waals surface area (Å²) in [5.41, 5.74) is 9.42. The third-order valence-electron chi connectivity index (χ3n) is 9.12. The summed E-state index contributed by atoms with van der Waals surface area (Å²) in [6, 6.07) is 48.0. The van der Waals surface area contributed by atoms with Crippen molar-refractivity contribution in [3.8, 4) is 28.3 Å². The first-order valence-electron chi connectivity index (χ1n) is 16.9. The van der Waals surface area contributed by atoms with Crippen LogP contribution in [0.15, 0.2) is 132 Å². The van der Waals surface area contributed by atoms with Crippen LogP contribution in [0.25, 0.3) is 72.1 Å². The second kappa shape index (κ2) is 13.8. The Hall–Kier alpha value is -5.20. The summed E-state index contributed by atoms with van der Waals surface area (Å²) in [6.07, 6.45) is 2.02. The van der Waals surface area contributed by atoms with Crippen molar-refractivity contribution in [1.82, 2.24) is 19.5 Å². The van der Waals surface area contributed by atoms with Crippen LogP contribution in [0.5, 0.6) is 0 Å². The van der Waals surface area contributed by atoms with Gasteiger partial charge in [-0.3, -0.25) is 9.97 Å². The Morgan fingerprint density at radius 3 is 2.20 bits per heavy atom. The van der Waals surface area contributed by atoms with Crippen molar-refractivity contribution in [2.24, 2.45) is 0 Å². The smallest absolute Gasteiger partial charge is 0.128 e. The molecular weight excluding hydrogens is 821 g/mol. The van der Waals surface area contributed by atoms with E-state index in [0.717, 1.165) is 83.5 Å². The molecule has 0 amide bonds. The summed E-state index contributed by atoms with van der Waals surface area (Å²) in [5.74, 6) is 0.797. The molecular formula is C44H36IrN4OSi-2. The Balaban J connectivity index is 0.000000202. The monoisotopic (exact) mass is 857 g/mol. The number of nitrogens with zero attached hydrogens (tertiary/aromatic N) is 4. The summed E-state index contributed by atoms with van der Waals surface area (Å²) >= 11 is 0. The van der Waals surface area contributed by atoms with Gasteiger partial charge >= 0.3 is 0 Å². The fourth-order valence-corrected chi connectivity index (χ4v) is 7.61. The summed E-state index contributed by atoms with van der Waals surface area (Å²) in [5, 5.41) is 5.82. The largest absolute Gasteiger partial charge is 0.500 e. The second-order valence-corrected chi connectivity index (χ2v) is 18.7. The summed E-state index contributed by atoms with van der Waals surface area (Å²) in [7, 11) is -1.23. The van der Waals surface area contributed by atoms with Gasteiger partial charge in [0.05, 0.1) is 36.2 Å². The molecule has 51 heavy (non-hydrogen) atoms. The molecule has 0 atom stereocenters.